The summed E-state index contributed by atoms with van der Waals surface area (Å²) in [5.74, 6) is -2.43. The maximum Gasteiger partial charge on any atom is 0.320 e. The van der Waals surface area contributed by atoms with E-state index in [1.807, 2.05) is 0 Å². The first kappa shape index (κ1) is 17.3. The Bertz CT molecular complexity index is 321. The van der Waals surface area contributed by atoms with Crippen molar-refractivity contribution in [2.45, 2.75) is 44.2 Å². The van der Waals surface area contributed by atoms with Gasteiger partial charge >= 0.3 is 11.9 Å². The molecular formula is C11H21N3O5. The standard InChI is InChI=1S/C11H21N3O5/c12-7(10(16)17)3-1-2-6-14-9(15)5-4-8(13)11(18)19/h7-8H,1-6,12-13H2,(H,14,15)(H,16,17)(H,18,19)/t7-,8+/m0/s1. The second-order valence-electron chi connectivity index (χ2n) is 4.27. The zero-order valence-electron chi connectivity index (χ0n) is 10.7. The average molecular weight is 275 g/mol. The minimum absolute atomic E-state index is 0.0576. The highest BCUT2D eigenvalue weighted by Crippen LogP contribution is 1.99. The number of carbonyl (C=O) groups excluding carboxylic acids is 1. The topological polar surface area (TPSA) is 156 Å². The number of carboxylic acids is 2. The molecule has 19 heavy (non-hydrogen) atoms. The van der Waals surface area contributed by atoms with Crippen LogP contribution < -0.4 is 16.8 Å². The van der Waals surface area contributed by atoms with Crippen molar-refractivity contribution in [3.8, 4) is 0 Å². The van der Waals surface area contributed by atoms with Crippen molar-refractivity contribution in [2.75, 3.05) is 6.54 Å². The summed E-state index contributed by atoms with van der Waals surface area (Å²) in [6.45, 7) is 0.410. The van der Waals surface area contributed by atoms with Gasteiger partial charge in [0, 0.05) is 13.0 Å². The van der Waals surface area contributed by atoms with Crippen LogP contribution in [0.1, 0.15) is 32.1 Å². The molecule has 0 heterocycles. The molecule has 0 unspecified atom stereocenters. The van der Waals surface area contributed by atoms with Crippen LogP contribution in [0.25, 0.3) is 0 Å². The summed E-state index contributed by atoms with van der Waals surface area (Å²) in [5, 5.41) is 19.7. The Labute approximate surface area is 111 Å². The molecule has 0 aliphatic heterocycles. The molecule has 8 heteroatoms. The fourth-order valence-corrected chi connectivity index (χ4v) is 1.34. The number of aliphatic carboxylic acids is 2. The number of nitrogens with two attached hydrogens (primary N) is 2. The zero-order valence-corrected chi connectivity index (χ0v) is 10.7. The smallest absolute Gasteiger partial charge is 0.320 e. The summed E-state index contributed by atoms with van der Waals surface area (Å²) in [7, 11) is 0. The van der Waals surface area contributed by atoms with Crippen molar-refractivity contribution in [2.24, 2.45) is 11.5 Å². The van der Waals surface area contributed by atoms with Crippen LogP contribution in [0, 0.1) is 0 Å². The fraction of sp³-hybridized carbons (Fsp3) is 0.727. The van der Waals surface area contributed by atoms with Gasteiger partial charge in [0.25, 0.3) is 0 Å². The molecule has 2 atom stereocenters. The third-order valence-corrected chi connectivity index (χ3v) is 2.58. The normalized spacial score (nSPS) is 13.6. The van der Waals surface area contributed by atoms with Crippen molar-refractivity contribution in [3.05, 3.63) is 0 Å². The van der Waals surface area contributed by atoms with E-state index in [9.17, 15) is 14.4 Å². The van der Waals surface area contributed by atoms with Crippen molar-refractivity contribution in [1.29, 1.82) is 0 Å². The molecule has 0 aliphatic rings. The van der Waals surface area contributed by atoms with Crippen molar-refractivity contribution in [1.82, 2.24) is 5.32 Å². The highest BCUT2D eigenvalue weighted by molar-refractivity contribution is 5.78. The number of hydrogen-bond acceptors (Lipinski definition) is 5. The Morgan fingerprint density at radius 3 is 2.00 bits per heavy atom. The van der Waals surface area contributed by atoms with Gasteiger partial charge in [-0.15, -0.1) is 0 Å². The first-order chi connectivity index (χ1) is 8.84. The maximum absolute atomic E-state index is 11.3. The Balaban J connectivity index is 3.54. The van der Waals surface area contributed by atoms with E-state index in [-0.39, 0.29) is 18.7 Å². The Morgan fingerprint density at radius 1 is 0.947 bits per heavy atom. The van der Waals surface area contributed by atoms with Crippen molar-refractivity contribution >= 4 is 17.8 Å². The Hall–Kier alpha value is -1.67. The molecule has 7 N–H and O–H groups in total. The molecule has 0 fully saturated rings. The van der Waals surface area contributed by atoms with Gasteiger partial charge in [-0.05, 0) is 25.7 Å². The molecule has 1 amide bonds. The highest BCUT2D eigenvalue weighted by atomic mass is 16.4. The minimum Gasteiger partial charge on any atom is -0.480 e. The number of hydrogen-bond donors (Lipinski definition) is 5. The third kappa shape index (κ3) is 8.97. The van der Waals surface area contributed by atoms with Crippen LogP contribution in [-0.4, -0.2) is 46.7 Å². The van der Waals surface area contributed by atoms with Gasteiger partial charge in [0.1, 0.15) is 12.1 Å². The van der Waals surface area contributed by atoms with Crippen LogP contribution in [0.3, 0.4) is 0 Å². The second-order valence-corrected chi connectivity index (χ2v) is 4.27. The van der Waals surface area contributed by atoms with Gasteiger partial charge in [-0.3, -0.25) is 14.4 Å². The average Bonchev–Trinajstić information content (AvgIpc) is 2.34. The Morgan fingerprint density at radius 2 is 1.47 bits per heavy atom. The number of nitrogens with one attached hydrogen (secondary N) is 1. The van der Waals surface area contributed by atoms with Crippen molar-refractivity contribution < 1.29 is 24.6 Å². The molecule has 0 spiro atoms. The molecule has 0 aromatic heterocycles. The molecule has 8 nitrogen and oxygen atoms in total. The maximum atomic E-state index is 11.3. The number of carbonyl (C=O) groups is 3. The molecular weight excluding hydrogens is 254 g/mol. The van der Waals surface area contributed by atoms with E-state index in [1.54, 1.807) is 0 Å². The second kappa shape index (κ2) is 9.29. The van der Waals surface area contributed by atoms with Gasteiger partial charge in [0.15, 0.2) is 0 Å². The van der Waals surface area contributed by atoms with Gasteiger partial charge < -0.3 is 27.0 Å². The van der Waals surface area contributed by atoms with Crippen LogP contribution in [0.15, 0.2) is 0 Å². The van der Waals surface area contributed by atoms with E-state index in [4.69, 9.17) is 21.7 Å². The van der Waals surface area contributed by atoms with Crippen LogP contribution in [0.2, 0.25) is 0 Å². The van der Waals surface area contributed by atoms with Crippen LogP contribution >= 0.6 is 0 Å². The molecule has 0 saturated heterocycles. The van der Waals surface area contributed by atoms with Crippen LogP contribution in [0.5, 0.6) is 0 Å². The summed E-state index contributed by atoms with van der Waals surface area (Å²) >= 11 is 0. The highest BCUT2D eigenvalue weighted by Gasteiger charge is 2.13. The van der Waals surface area contributed by atoms with Gasteiger partial charge in [0.2, 0.25) is 5.91 Å². The van der Waals surface area contributed by atoms with E-state index >= 15 is 0 Å². The quantitative estimate of drug-likeness (QED) is 0.316. The summed E-state index contributed by atoms with van der Waals surface area (Å²) in [5.41, 5.74) is 10.6. The van der Waals surface area contributed by atoms with Crippen LogP contribution in [-0.2, 0) is 14.4 Å². The first-order valence-electron chi connectivity index (χ1n) is 6.08. The van der Waals surface area contributed by atoms with Gasteiger partial charge in [-0.2, -0.15) is 0 Å². The lowest BCUT2D eigenvalue weighted by molar-refractivity contribution is -0.139. The lowest BCUT2D eigenvalue weighted by atomic mass is 10.1. The lowest BCUT2D eigenvalue weighted by Gasteiger charge is -2.08. The Kier molecular flexibility index (Phi) is 8.47. The summed E-state index contributed by atoms with van der Waals surface area (Å²) < 4.78 is 0. The molecule has 0 saturated carbocycles. The minimum atomic E-state index is -1.13. The number of amides is 1. The summed E-state index contributed by atoms with van der Waals surface area (Å²) in [6, 6.07) is -1.90. The molecule has 0 rings (SSSR count). The fourth-order valence-electron chi connectivity index (χ4n) is 1.34. The summed E-state index contributed by atoms with van der Waals surface area (Å²) in [6.07, 6.45) is 1.72. The van der Waals surface area contributed by atoms with Crippen LogP contribution in [0.4, 0.5) is 0 Å². The van der Waals surface area contributed by atoms with E-state index in [0.717, 1.165) is 0 Å². The van der Waals surface area contributed by atoms with Crippen molar-refractivity contribution in [3.63, 3.8) is 0 Å². The lowest BCUT2D eigenvalue weighted by Crippen LogP contribution is -2.33. The molecule has 0 aromatic rings. The van der Waals surface area contributed by atoms with E-state index in [1.165, 1.54) is 0 Å². The SMILES string of the molecule is N[C@H](CCC(=O)NCCCC[C@H](N)C(=O)O)C(=O)O. The summed E-state index contributed by atoms with van der Waals surface area (Å²) in [4.78, 5) is 32.1. The molecule has 0 radical (unpaired) electrons. The predicted molar refractivity (Wildman–Crippen MR) is 67.3 cm³/mol. The monoisotopic (exact) mass is 275 g/mol. The number of unbranched alkanes of at least 4 members (excludes halogenated alkanes) is 1. The first-order valence-corrected chi connectivity index (χ1v) is 6.08. The number of rotatable bonds is 10. The van der Waals surface area contributed by atoms with E-state index in [2.05, 4.69) is 5.32 Å². The zero-order chi connectivity index (χ0) is 14.8. The third-order valence-electron chi connectivity index (χ3n) is 2.58. The van der Waals surface area contributed by atoms with Gasteiger partial charge in [-0.1, -0.05) is 0 Å². The molecule has 0 aromatic carbocycles. The molecule has 0 aliphatic carbocycles. The predicted octanol–water partition coefficient (Wildman–Crippen LogP) is -1.12. The van der Waals surface area contributed by atoms with Gasteiger partial charge in [-0.25, -0.2) is 0 Å². The van der Waals surface area contributed by atoms with E-state index < -0.39 is 24.0 Å². The van der Waals surface area contributed by atoms with E-state index in [0.29, 0.717) is 25.8 Å². The molecule has 110 valence electrons. The molecule has 0 bridgehead atoms. The number of carboxylic acid groups (broad SMARTS) is 2. The largest absolute Gasteiger partial charge is 0.480 e. The van der Waals surface area contributed by atoms with Gasteiger partial charge in [0.05, 0.1) is 0 Å².